The number of hydrogen-bond donors (Lipinski definition) is 0. The number of benzene rings is 2. The van der Waals surface area contributed by atoms with Crippen LogP contribution in [0.15, 0.2) is 42.5 Å². The van der Waals surface area contributed by atoms with E-state index in [9.17, 15) is 9.59 Å². The topological polar surface area (TPSA) is 52.6 Å². The van der Waals surface area contributed by atoms with Gasteiger partial charge in [0.2, 0.25) is 0 Å². The highest BCUT2D eigenvalue weighted by Crippen LogP contribution is 2.29. The number of halogens is 1. The van der Waals surface area contributed by atoms with Gasteiger partial charge in [0, 0.05) is 12.8 Å². The summed E-state index contributed by atoms with van der Waals surface area (Å²) in [5.74, 6) is 0.963. The zero-order chi connectivity index (χ0) is 17.5. The Morgan fingerprint density at radius 1 is 1.04 bits per heavy atom. The van der Waals surface area contributed by atoms with Gasteiger partial charge in [-0.3, -0.25) is 4.79 Å². The average molecular weight is 347 g/mol. The van der Waals surface area contributed by atoms with Gasteiger partial charge in [0.15, 0.2) is 5.78 Å². The highest BCUT2D eigenvalue weighted by atomic mass is 35.5. The van der Waals surface area contributed by atoms with Gasteiger partial charge in [-0.25, -0.2) is 0 Å². The van der Waals surface area contributed by atoms with Crippen molar-refractivity contribution < 1.29 is 19.1 Å². The Kier molecular flexibility index (Phi) is 6.38. The lowest BCUT2D eigenvalue weighted by molar-refractivity contribution is -0.116. The average Bonchev–Trinajstić information content (AvgIpc) is 2.58. The van der Waals surface area contributed by atoms with E-state index >= 15 is 0 Å². The van der Waals surface area contributed by atoms with Crippen molar-refractivity contribution in [2.75, 3.05) is 7.11 Å². The van der Waals surface area contributed by atoms with Crippen molar-refractivity contribution in [3.63, 3.8) is 0 Å². The zero-order valence-electron chi connectivity index (χ0n) is 13.7. The van der Waals surface area contributed by atoms with Crippen molar-refractivity contribution in [1.29, 1.82) is 0 Å². The highest BCUT2D eigenvalue weighted by molar-refractivity contribution is 6.34. The van der Waals surface area contributed by atoms with Crippen LogP contribution in [0.25, 0.3) is 0 Å². The van der Waals surface area contributed by atoms with Crippen LogP contribution in [0.5, 0.6) is 11.5 Å². The zero-order valence-corrected chi connectivity index (χ0v) is 14.4. The van der Waals surface area contributed by atoms with Gasteiger partial charge >= 0.3 is 0 Å². The molecule has 0 heterocycles. The second-order valence-corrected chi connectivity index (χ2v) is 5.78. The summed E-state index contributed by atoms with van der Waals surface area (Å²) < 4.78 is 10.9. The first kappa shape index (κ1) is 18.0. The summed E-state index contributed by atoms with van der Waals surface area (Å²) >= 11 is 6.16. The van der Waals surface area contributed by atoms with E-state index in [-0.39, 0.29) is 24.4 Å². The molecule has 0 spiro atoms. The summed E-state index contributed by atoms with van der Waals surface area (Å²) in [6.07, 6.45) is 0.319. The number of carbonyl (C=O) groups is 2. The molecule has 0 aliphatic rings. The van der Waals surface area contributed by atoms with E-state index in [1.807, 2.05) is 24.3 Å². The summed E-state index contributed by atoms with van der Waals surface area (Å²) in [5.41, 5.74) is 1.27. The van der Waals surface area contributed by atoms with Gasteiger partial charge in [0.25, 0.3) is 0 Å². The molecular formula is C19H19ClO4. The number of Topliss-reactive ketones (excluding diaryl/α,β-unsaturated/α-hetero) is 2. The summed E-state index contributed by atoms with van der Waals surface area (Å²) in [6, 6.07) is 12.5. The largest absolute Gasteiger partial charge is 0.497 e. The molecule has 5 heteroatoms. The van der Waals surface area contributed by atoms with Gasteiger partial charge in [-0.15, -0.1) is 0 Å². The maximum absolute atomic E-state index is 12.4. The monoisotopic (exact) mass is 346 g/mol. The maximum Gasteiger partial charge on any atom is 0.168 e. The van der Waals surface area contributed by atoms with E-state index in [2.05, 4.69) is 0 Å². The van der Waals surface area contributed by atoms with Crippen LogP contribution in [-0.4, -0.2) is 18.7 Å². The van der Waals surface area contributed by atoms with Crippen molar-refractivity contribution in [1.82, 2.24) is 0 Å². The Balaban J connectivity index is 2.12. The molecule has 0 unspecified atom stereocenters. The van der Waals surface area contributed by atoms with Crippen LogP contribution in [0.4, 0.5) is 0 Å². The van der Waals surface area contributed by atoms with Crippen LogP contribution in [0.1, 0.15) is 35.7 Å². The predicted octanol–water partition coefficient (Wildman–Crippen LogP) is 4.48. The van der Waals surface area contributed by atoms with Crippen molar-refractivity contribution >= 4 is 23.2 Å². The van der Waals surface area contributed by atoms with Crippen LogP contribution in [0.3, 0.4) is 0 Å². The number of rotatable bonds is 8. The van der Waals surface area contributed by atoms with Gasteiger partial charge in [-0.1, -0.05) is 29.8 Å². The molecule has 2 aromatic carbocycles. The van der Waals surface area contributed by atoms with Gasteiger partial charge < -0.3 is 14.3 Å². The van der Waals surface area contributed by atoms with E-state index in [4.69, 9.17) is 21.1 Å². The number of ether oxygens (including phenoxy) is 2. The van der Waals surface area contributed by atoms with E-state index in [0.29, 0.717) is 22.9 Å². The lowest BCUT2D eigenvalue weighted by Gasteiger charge is -2.12. The molecular weight excluding hydrogens is 328 g/mol. The molecule has 0 aliphatic heterocycles. The number of carbonyl (C=O) groups excluding carboxylic acids is 2. The first-order chi connectivity index (χ1) is 11.5. The normalized spacial score (nSPS) is 10.3. The summed E-state index contributed by atoms with van der Waals surface area (Å²) in [5, 5.41) is 0.329. The Morgan fingerprint density at radius 2 is 1.75 bits per heavy atom. The molecule has 0 amide bonds. The Bertz CT molecular complexity index is 723. The molecule has 24 heavy (non-hydrogen) atoms. The number of ketones is 2. The summed E-state index contributed by atoms with van der Waals surface area (Å²) in [7, 11) is 1.61. The molecule has 0 fully saturated rings. The number of methoxy groups -OCH3 is 1. The molecule has 0 aromatic heterocycles. The molecule has 0 saturated carbocycles. The molecule has 0 N–H and O–H groups in total. The van der Waals surface area contributed by atoms with Gasteiger partial charge in [0.05, 0.1) is 17.7 Å². The summed E-state index contributed by atoms with van der Waals surface area (Å²) in [6.45, 7) is 1.76. The van der Waals surface area contributed by atoms with Crippen molar-refractivity contribution in [2.45, 2.75) is 26.4 Å². The van der Waals surface area contributed by atoms with E-state index in [1.165, 1.54) is 6.92 Å². The molecule has 0 radical (unpaired) electrons. The fraction of sp³-hybridized carbons (Fsp3) is 0.263. The Labute approximate surface area is 146 Å². The fourth-order valence-electron chi connectivity index (χ4n) is 2.19. The minimum absolute atomic E-state index is 0.0314. The maximum atomic E-state index is 12.4. The van der Waals surface area contributed by atoms with Crippen LogP contribution >= 0.6 is 11.6 Å². The van der Waals surface area contributed by atoms with E-state index in [0.717, 1.165) is 11.3 Å². The Hall–Kier alpha value is -2.33. The van der Waals surface area contributed by atoms with Crippen LogP contribution in [-0.2, 0) is 11.4 Å². The molecule has 0 bridgehead atoms. The van der Waals surface area contributed by atoms with E-state index in [1.54, 1.807) is 25.3 Å². The van der Waals surface area contributed by atoms with Crippen molar-refractivity contribution in [2.24, 2.45) is 0 Å². The lowest BCUT2D eigenvalue weighted by atomic mass is 10.0. The second kappa shape index (κ2) is 8.50. The molecule has 2 aromatic rings. The molecule has 0 saturated heterocycles. The summed E-state index contributed by atoms with van der Waals surface area (Å²) in [4.78, 5) is 23.4. The van der Waals surface area contributed by atoms with E-state index < -0.39 is 0 Å². The SMILES string of the molecule is COc1ccc(COc2cccc(Cl)c2C(=O)CCC(C)=O)cc1. The van der Waals surface area contributed by atoms with Crippen LogP contribution in [0, 0.1) is 0 Å². The van der Waals surface area contributed by atoms with Gasteiger partial charge in [-0.05, 0) is 36.8 Å². The molecule has 0 aliphatic carbocycles. The van der Waals surface area contributed by atoms with Crippen LogP contribution in [0.2, 0.25) is 5.02 Å². The third-order valence-electron chi connectivity index (χ3n) is 3.51. The quantitative estimate of drug-likeness (QED) is 0.661. The van der Waals surface area contributed by atoms with Crippen molar-refractivity contribution in [3.8, 4) is 11.5 Å². The van der Waals surface area contributed by atoms with Crippen molar-refractivity contribution in [3.05, 3.63) is 58.6 Å². The minimum atomic E-state index is -0.194. The third-order valence-corrected chi connectivity index (χ3v) is 3.83. The third kappa shape index (κ3) is 4.83. The van der Waals surface area contributed by atoms with Crippen LogP contribution < -0.4 is 9.47 Å². The van der Waals surface area contributed by atoms with Gasteiger partial charge in [-0.2, -0.15) is 0 Å². The first-order valence-corrected chi connectivity index (χ1v) is 7.96. The fourth-order valence-corrected chi connectivity index (χ4v) is 2.46. The molecule has 126 valence electrons. The van der Waals surface area contributed by atoms with Gasteiger partial charge in [0.1, 0.15) is 23.9 Å². The predicted molar refractivity (Wildman–Crippen MR) is 93.0 cm³/mol. The smallest absolute Gasteiger partial charge is 0.168 e. The first-order valence-electron chi connectivity index (χ1n) is 7.58. The second-order valence-electron chi connectivity index (χ2n) is 5.37. The minimum Gasteiger partial charge on any atom is -0.497 e. The highest BCUT2D eigenvalue weighted by Gasteiger charge is 2.17. The molecule has 4 nitrogen and oxygen atoms in total. The molecule has 0 atom stereocenters. The lowest BCUT2D eigenvalue weighted by Crippen LogP contribution is -2.07. The Morgan fingerprint density at radius 3 is 2.38 bits per heavy atom. The molecule has 2 rings (SSSR count). The standard InChI is InChI=1S/C19H19ClO4/c1-13(21)6-11-17(22)19-16(20)4-3-5-18(19)24-12-14-7-9-15(23-2)10-8-14/h3-5,7-10H,6,11-12H2,1-2H3. The number of hydrogen-bond acceptors (Lipinski definition) is 4.